The lowest BCUT2D eigenvalue weighted by molar-refractivity contribution is -0.118. The molecule has 0 aliphatic rings. The number of hydrogen-bond acceptors (Lipinski definition) is 2. The second kappa shape index (κ2) is 6.86. The SMILES string of the molecule is C=C/C(C)=C\C=C(/C=C)C(=O)NCO. The van der Waals surface area contributed by atoms with Crippen LogP contribution in [-0.4, -0.2) is 17.7 Å². The van der Waals surface area contributed by atoms with Crippen molar-refractivity contribution in [2.45, 2.75) is 6.92 Å². The first kappa shape index (κ1) is 12.4. The summed E-state index contributed by atoms with van der Waals surface area (Å²) in [5.41, 5.74) is 1.35. The summed E-state index contributed by atoms with van der Waals surface area (Å²) in [5.74, 6) is -0.351. The standard InChI is InChI=1S/C11H15NO2/c1-4-9(3)6-7-10(5-2)11(14)12-8-13/h4-7,13H,1-2,8H2,3H3,(H,12,14)/b9-6-,10-7+. The van der Waals surface area contributed by atoms with Crippen LogP contribution in [0.5, 0.6) is 0 Å². The van der Waals surface area contributed by atoms with Gasteiger partial charge in [0.2, 0.25) is 0 Å². The van der Waals surface area contributed by atoms with Crippen LogP contribution in [-0.2, 0) is 4.79 Å². The summed E-state index contributed by atoms with van der Waals surface area (Å²) in [5, 5.41) is 10.7. The zero-order valence-corrected chi connectivity index (χ0v) is 8.29. The van der Waals surface area contributed by atoms with Gasteiger partial charge in [-0.05, 0) is 13.0 Å². The lowest BCUT2D eigenvalue weighted by Gasteiger charge is -2.00. The van der Waals surface area contributed by atoms with Crippen LogP contribution in [0.4, 0.5) is 0 Å². The number of aliphatic hydroxyl groups excluding tert-OH is 1. The van der Waals surface area contributed by atoms with E-state index in [1.54, 1.807) is 18.2 Å². The lowest BCUT2D eigenvalue weighted by atomic mass is 10.2. The van der Waals surface area contributed by atoms with E-state index >= 15 is 0 Å². The molecule has 3 heteroatoms. The third kappa shape index (κ3) is 4.42. The molecule has 0 aromatic carbocycles. The smallest absolute Gasteiger partial charge is 0.253 e. The second-order valence-electron chi connectivity index (χ2n) is 2.60. The van der Waals surface area contributed by atoms with Gasteiger partial charge in [-0.25, -0.2) is 0 Å². The molecule has 3 nitrogen and oxygen atoms in total. The van der Waals surface area contributed by atoms with Gasteiger partial charge in [-0.15, -0.1) is 0 Å². The number of carbonyl (C=O) groups excluding carboxylic acids is 1. The highest BCUT2D eigenvalue weighted by molar-refractivity contribution is 5.96. The second-order valence-corrected chi connectivity index (χ2v) is 2.60. The first-order valence-corrected chi connectivity index (χ1v) is 4.18. The van der Waals surface area contributed by atoms with Crippen LogP contribution >= 0.6 is 0 Å². The molecule has 0 unspecified atom stereocenters. The van der Waals surface area contributed by atoms with Gasteiger partial charge < -0.3 is 10.4 Å². The molecular formula is C11H15NO2. The maximum absolute atomic E-state index is 11.2. The molecule has 0 spiro atoms. The molecule has 0 heterocycles. The highest BCUT2D eigenvalue weighted by atomic mass is 16.3. The van der Waals surface area contributed by atoms with Gasteiger partial charge in [0.1, 0.15) is 6.73 Å². The molecule has 0 saturated heterocycles. The predicted octanol–water partition coefficient (Wildman–Crippen LogP) is 1.30. The van der Waals surface area contributed by atoms with E-state index in [0.29, 0.717) is 5.57 Å². The summed E-state index contributed by atoms with van der Waals surface area (Å²) < 4.78 is 0. The van der Waals surface area contributed by atoms with E-state index in [2.05, 4.69) is 18.5 Å². The van der Waals surface area contributed by atoms with Gasteiger partial charge in [0.25, 0.3) is 5.91 Å². The van der Waals surface area contributed by atoms with Gasteiger partial charge in [-0.2, -0.15) is 0 Å². The van der Waals surface area contributed by atoms with Crippen LogP contribution in [0, 0.1) is 0 Å². The van der Waals surface area contributed by atoms with E-state index in [9.17, 15) is 4.79 Å². The Kier molecular flexibility index (Phi) is 6.07. The fraction of sp³-hybridized carbons (Fsp3) is 0.182. The molecule has 76 valence electrons. The van der Waals surface area contributed by atoms with E-state index in [1.807, 2.05) is 6.92 Å². The Hall–Kier alpha value is -1.61. The molecule has 0 fully saturated rings. The Morgan fingerprint density at radius 1 is 1.36 bits per heavy atom. The highest BCUT2D eigenvalue weighted by Gasteiger charge is 2.01. The number of rotatable bonds is 5. The van der Waals surface area contributed by atoms with Crippen LogP contribution in [0.15, 0.2) is 48.6 Å². The van der Waals surface area contributed by atoms with E-state index in [1.165, 1.54) is 6.08 Å². The van der Waals surface area contributed by atoms with Gasteiger partial charge in [0.05, 0.1) is 0 Å². The summed E-state index contributed by atoms with van der Waals surface area (Å²) in [6.45, 7) is 8.57. The quantitative estimate of drug-likeness (QED) is 0.393. The third-order valence-electron chi connectivity index (χ3n) is 1.57. The summed E-state index contributed by atoms with van der Waals surface area (Å²) in [6.07, 6.45) is 6.48. The third-order valence-corrected chi connectivity index (χ3v) is 1.57. The van der Waals surface area contributed by atoms with Crippen LogP contribution < -0.4 is 5.32 Å². The van der Waals surface area contributed by atoms with Crippen molar-refractivity contribution in [1.82, 2.24) is 5.32 Å². The Labute approximate surface area is 84.1 Å². The minimum absolute atomic E-state index is 0.351. The van der Waals surface area contributed by atoms with Crippen molar-refractivity contribution in [3.8, 4) is 0 Å². The monoisotopic (exact) mass is 193 g/mol. The van der Waals surface area contributed by atoms with Gasteiger partial charge in [-0.1, -0.05) is 37.0 Å². The molecule has 1 amide bonds. The molecule has 0 aromatic rings. The minimum atomic E-state index is -0.381. The Bertz CT molecular complexity index is 288. The summed E-state index contributed by atoms with van der Waals surface area (Å²) in [6, 6.07) is 0. The molecule has 0 saturated carbocycles. The predicted molar refractivity (Wildman–Crippen MR) is 57.5 cm³/mol. The molecule has 0 rings (SSSR count). The number of nitrogens with one attached hydrogen (secondary N) is 1. The van der Waals surface area contributed by atoms with Crippen molar-refractivity contribution < 1.29 is 9.90 Å². The molecule has 0 bridgehead atoms. The maximum Gasteiger partial charge on any atom is 0.253 e. The summed E-state index contributed by atoms with van der Waals surface area (Å²) in [7, 11) is 0. The average molecular weight is 193 g/mol. The van der Waals surface area contributed by atoms with Crippen molar-refractivity contribution in [2.75, 3.05) is 6.73 Å². The number of hydrogen-bond donors (Lipinski definition) is 2. The first-order valence-electron chi connectivity index (χ1n) is 4.18. The Balaban J connectivity index is 4.63. The molecule has 0 atom stereocenters. The van der Waals surface area contributed by atoms with Gasteiger partial charge in [-0.3, -0.25) is 4.79 Å². The maximum atomic E-state index is 11.2. The number of amides is 1. The van der Waals surface area contributed by atoms with Gasteiger partial charge >= 0.3 is 0 Å². The van der Waals surface area contributed by atoms with E-state index in [-0.39, 0.29) is 12.6 Å². The van der Waals surface area contributed by atoms with Gasteiger partial charge in [0, 0.05) is 5.57 Å². The van der Waals surface area contributed by atoms with Crippen molar-refractivity contribution in [3.63, 3.8) is 0 Å². The number of carbonyl (C=O) groups is 1. The highest BCUT2D eigenvalue weighted by Crippen LogP contribution is 2.00. The fourth-order valence-corrected chi connectivity index (χ4v) is 0.700. The molecule has 2 N–H and O–H groups in total. The van der Waals surface area contributed by atoms with Crippen LogP contribution in [0.25, 0.3) is 0 Å². The fourth-order valence-electron chi connectivity index (χ4n) is 0.700. The van der Waals surface area contributed by atoms with Gasteiger partial charge in [0.15, 0.2) is 0 Å². The Morgan fingerprint density at radius 3 is 2.43 bits per heavy atom. The van der Waals surface area contributed by atoms with Crippen molar-refractivity contribution in [1.29, 1.82) is 0 Å². The molecular weight excluding hydrogens is 178 g/mol. The molecule has 0 radical (unpaired) electrons. The molecule has 0 aliphatic heterocycles. The van der Waals surface area contributed by atoms with Crippen molar-refractivity contribution >= 4 is 5.91 Å². The van der Waals surface area contributed by atoms with Crippen molar-refractivity contribution in [3.05, 3.63) is 48.6 Å². The molecule has 0 aliphatic carbocycles. The van der Waals surface area contributed by atoms with E-state index in [4.69, 9.17) is 5.11 Å². The number of aliphatic hydroxyl groups is 1. The van der Waals surface area contributed by atoms with Crippen LogP contribution in [0.2, 0.25) is 0 Å². The van der Waals surface area contributed by atoms with Crippen LogP contribution in [0.1, 0.15) is 6.92 Å². The lowest BCUT2D eigenvalue weighted by Crippen LogP contribution is -2.24. The zero-order valence-electron chi connectivity index (χ0n) is 8.29. The number of allylic oxidation sites excluding steroid dienone is 4. The summed E-state index contributed by atoms with van der Waals surface area (Å²) in [4.78, 5) is 11.2. The summed E-state index contributed by atoms with van der Waals surface area (Å²) >= 11 is 0. The van der Waals surface area contributed by atoms with E-state index in [0.717, 1.165) is 5.57 Å². The van der Waals surface area contributed by atoms with Crippen molar-refractivity contribution in [2.24, 2.45) is 0 Å². The molecule has 14 heavy (non-hydrogen) atoms. The average Bonchev–Trinajstić information content (AvgIpc) is 2.18. The van der Waals surface area contributed by atoms with E-state index < -0.39 is 0 Å². The van der Waals surface area contributed by atoms with Crippen LogP contribution in [0.3, 0.4) is 0 Å². The molecule has 0 aromatic heterocycles. The normalized spacial score (nSPS) is 12.1. The first-order chi connectivity index (χ1) is 6.65. The minimum Gasteiger partial charge on any atom is -0.376 e. The topological polar surface area (TPSA) is 49.3 Å². The zero-order chi connectivity index (χ0) is 11.0. The Morgan fingerprint density at radius 2 is 2.00 bits per heavy atom. The largest absolute Gasteiger partial charge is 0.376 e.